The molecule has 4 N–H and O–H groups in total. The van der Waals surface area contributed by atoms with Crippen LogP contribution in [0, 0.1) is 0 Å². The largest absolute Gasteiger partial charge is 0.466 e. The van der Waals surface area contributed by atoms with Crippen LogP contribution in [0.1, 0.15) is 38.2 Å². The number of carbonyl (C=O) groups is 3. The minimum absolute atomic E-state index is 0.120. The maximum atomic E-state index is 12.5. The number of nitrogens with one attached hydrogen (secondary N) is 2. The van der Waals surface area contributed by atoms with Gasteiger partial charge in [-0.25, -0.2) is 9.78 Å². The maximum absolute atomic E-state index is 12.5. The zero-order valence-corrected chi connectivity index (χ0v) is 15.6. The van der Waals surface area contributed by atoms with Crippen molar-refractivity contribution >= 4 is 23.7 Å². The third-order valence-corrected chi connectivity index (χ3v) is 4.36. The van der Waals surface area contributed by atoms with Gasteiger partial charge in [-0.3, -0.25) is 9.59 Å². The number of rotatable bonds is 7. The Kier molecular flexibility index (Phi) is 7.84. The highest BCUT2D eigenvalue weighted by molar-refractivity contribution is 5.84. The number of hydrogen-bond acceptors (Lipinski definition) is 6. The molecule has 1 atom stereocenters. The Bertz CT molecular complexity index is 650. The molecule has 9 heteroatoms. The summed E-state index contributed by atoms with van der Waals surface area (Å²) in [5, 5.41) is 5.22. The van der Waals surface area contributed by atoms with E-state index in [1.165, 1.54) is 0 Å². The van der Waals surface area contributed by atoms with Gasteiger partial charge < -0.3 is 26.0 Å². The first-order valence-electron chi connectivity index (χ1n) is 9.16. The van der Waals surface area contributed by atoms with Crippen molar-refractivity contribution in [3.8, 4) is 0 Å². The highest BCUT2D eigenvalue weighted by Gasteiger charge is 2.28. The fraction of sp³-hybridized carbons (Fsp3) is 0.556. The molecule has 1 aromatic heterocycles. The minimum atomic E-state index is -0.445. The van der Waals surface area contributed by atoms with Crippen molar-refractivity contribution in [1.29, 1.82) is 0 Å². The van der Waals surface area contributed by atoms with E-state index in [1.807, 2.05) is 0 Å². The summed E-state index contributed by atoms with van der Waals surface area (Å²) in [4.78, 5) is 41.7. The third kappa shape index (κ3) is 6.76. The number of urea groups is 1. The van der Waals surface area contributed by atoms with E-state index in [9.17, 15) is 14.4 Å². The van der Waals surface area contributed by atoms with Crippen LogP contribution in [0.2, 0.25) is 0 Å². The maximum Gasteiger partial charge on any atom is 0.315 e. The van der Waals surface area contributed by atoms with Crippen molar-refractivity contribution in [3.05, 3.63) is 23.9 Å². The second kappa shape index (κ2) is 10.3. The number of aromatic nitrogens is 1. The monoisotopic (exact) mass is 377 g/mol. The molecule has 0 aliphatic carbocycles. The Morgan fingerprint density at radius 2 is 2.11 bits per heavy atom. The van der Waals surface area contributed by atoms with Crippen molar-refractivity contribution in [3.63, 3.8) is 0 Å². The zero-order chi connectivity index (χ0) is 19.6. The number of nitrogens with zero attached hydrogens (tertiary/aromatic N) is 2. The number of carbonyl (C=O) groups excluding carboxylic acids is 3. The molecule has 1 fully saturated rings. The molecule has 0 radical (unpaired) electrons. The van der Waals surface area contributed by atoms with Gasteiger partial charge >= 0.3 is 12.0 Å². The molecule has 1 aliphatic rings. The molecule has 148 valence electrons. The fourth-order valence-corrected chi connectivity index (χ4v) is 3.00. The number of likely N-dealkylation sites (tertiary alicyclic amines) is 1. The first-order valence-corrected chi connectivity index (χ1v) is 9.16. The molecule has 0 bridgehead atoms. The molecule has 1 aromatic rings. The summed E-state index contributed by atoms with van der Waals surface area (Å²) in [7, 11) is 0. The minimum Gasteiger partial charge on any atom is -0.466 e. The predicted octanol–water partition coefficient (Wildman–Crippen LogP) is 0.797. The Morgan fingerprint density at radius 3 is 2.81 bits per heavy atom. The summed E-state index contributed by atoms with van der Waals surface area (Å²) < 4.78 is 4.98. The van der Waals surface area contributed by atoms with E-state index in [-0.39, 0.29) is 37.4 Å². The number of amides is 3. The summed E-state index contributed by atoms with van der Waals surface area (Å²) in [5.74, 6) is -0.0917. The zero-order valence-electron chi connectivity index (χ0n) is 15.6. The molecule has 1 unspecified atom stereocenters. The van der Waals surface area contributed by atoms with Crippen molar-refractivity contribution in [2.75, 3.05) is 25.4 Å². The Labute approximate surface area is 158 Å². The van der Waals surface area contributed by atoms with Gasteiger partial charge in [0, 0.05) is 25.3 Å². The number of esters is 1. The standard InChI is InChI=1S/C18H27N5O4/c1-2-27-17(25)9-14-5-3-4-8-23(14)16(24)12-22-18(26)21-11-13-6-7-15(19)20-10-13/h6-7,10,14H,2-5,8-9,11-12H2,1H3,(H2,19,20)(H2,21,22,26). The molecule has 2 heterocycles. The molecule has 1 aliphatic heterocycles. The predicted molar refractivity (Wildman–Crippen MR) is 99.5 cm³/mol. The Hall–Kier alpha value is -2.84. The third-order valence-electron chi connectivity index (χ3n) is 4.36. The molecule has 0 aromatic carbocycles. The van der Waals surface area contributed by atoms with Crippen molar-refractivity contribution < 1.29 is 19.1 Å². The lowest BCUT2D eigenvalue weighted by molar-refractivity contribution is -0.146. The summed E-state index contributed by atoms with van der Waals surface area (Å²) in [6.45, 7) is 2.83. The van der Waals surface area contributed by atoms with Crippen LogP contribution in [-0.2, 0) is 20.9 Å². The lowest BCUT2D eigenvalue weighted by Crippen LogP contribution is -2.49. The van der Waals surface area contributed by atoms with Crippen LogP contribution in [0.5, 0.6) is 0 Å². The van der Waals surface area contributed by atoms with Crippen LogP contribution in [0.15, 0.2) is 18.3 Å². The molecular formula is C18H27N5O4. The molecule has 0 spiro atoms. The van der Waals surface area contributed by atoms with Gasteiger partial charge in [0.05, 0.1) is 19.6 Å². The molecule has 2 rings (SSSR count). The van der Waals surface area contributed by atoms with Gasteiger partial charge in [-0.15, -0.1) is 0 Å². The SMILES string of the molecule is CCOC(=O)CC1CCCCN1C(=O)CNC(=O)NCc1ccc(N)nc1. The first kappa shape index (κ1) is 20.5. The number of hydrogen-bond donors (Lipinski definition) is 3. The van der Waals surface area contributed by atoms with Gasteiger partial charge in [-0.2, -0.15) is 0 Å². The highest BCUT2D eigenvalue weighted by Crippen LogP contribution is 2.20. The number of piperidine rings is 1. The van der Waals surface area contributed by atoms with E-state index < -0.39 is 6.03 Å². The Morgan fingerprint density at radius 1 is 1.30 bits per heavy atom. The number of nitrogen functional groups attached to an aromatic ring is 1. The van der Waals surface area contributed by atoms with E-state index in [2.05, 4.69) is 15.6 Å². The first-order chi connectivity index (χ1) is 13.0. The van der Waals surface area contributed by atoms with Gasteiger partial charge in [0.25, 0.3) is 0 Å². The Balaban J connectivity index is 1.77. The van der Waals surface area contributed by atoms with Crippen molar-refractivity contribution in [2.45, 2.75) is 45.2 Å². The molecule has 0 saturated carbocycles. The lowest BCUT2D eigenvalue weighted by atomic mass is 9.99. The van der Waals surface area contributed by atoms with E-state index >= 15 is 0 Å². The van der Waals surface area contributed by atoms with Gasteiger partial charge in [0.2, 0.25) is 5.91 Å². The highest BCUT2D eigenvalue weighted by atomic mass is 16.5. The molecular weight excluding hydrogens is 350 g/mol. The van der Waals surface area contributed by atoms with E-state index in [0.29, 0.717) is 19.0 Å². The molecule has 3 amide bonds. The summed E-state index contributed by atoms with van der Waals surface area (Å²) >= 11 is 0. The summed E-state index contributed by atoms with van der Waals surface area (Å²) in [6, 6.07) is 2.80. The van der Waals surface area contributed by atoms with Crippen LogP contribution < -0.4 is 16.4 Å². The van der Waals surface area contributed by atoms with Gasteiger partial charge in [-0.05, 0) is 37.8 Å². The average molecular weight is 377 g/mol. The van der Waals surface area contributed by atoms with Gasteiger partial charge in [0.1, 0.15) is 5.82 Å². The number of pyridine rings is 1. The number of ether oxygens (including phenoxy) is 1. The quantitative estimate of drug-likeness (QED) is 0.603. The van der Waals surface area contributed by atoms with Crippen LogP contribution >= 0.6 is 0 Å². The molecule has 1 saturated heterocycles. The number of anilines is 1. The molecule has 9 nitrogen and oxygen atoms in total. The van der Waals surface area contributed by atoms with E-state index in [1.54, 1.807) is 30.2 Å². The second-order valence-corrected chi connectivity index (χ2v) is 6.37. The lowest BCUT2D eigenvalue weighted by Gasteiger charge is -2.35. The van der Waals surface area contributed by atoms with Gasteiger partial charge in [0.15, 0.2) is 0 Å². The average Bonchev–Trinajstić information content (AvgIpc) is 2.66. The summed E-state index contributed by atoms with van der Waals surface area (Å²) in [6.07, 6.45) is 4.39. The molecule has 27 heavy (non-hydrogen) atoms. The van der Waals surface area contributed by atoms with E-state index in [4.69, 9.17) is 10.5 Å². The van der Waals surface area contributed by atoms with Gasteiger partial charge in [-0.1, -0.05) is 6.07 Å². The van der Waals surface area contributed by atoms with E-state index in [0.717, 1.165) is 24.8 Å². The van der Waals surface area contributed by atoms with Crippen molar-refractivity contribution in [2.24, 2.45) is 0 Å². The fourth-order valence-electron chi connectivity index (χ4n) is 3.00. The topological polar surface area (TPSA) is 127 Å². The van der Waals surface area contributed by atoms with Crippen LogP contribution in [0.3, 0.4) is 0 Å². The van der Waals surface area contributed by atoms with Crippen LogP contribution in [0.25, 0.3) is 0 Å². The summed E-state index contributed by atoms with van der Waals surface area (Å²) in [5.41, 5.74) is 6.31. The smallest absolute Gasteiger partial charge is 0.315 e. The second-order valence-electron chi connectivity index (χ2n) is 6.37. The van der Waals surface area contributed by atoms with Crippen LogP contribution in [0.4, 0.5) is 10.6 Å². The van der Waals surface area contributed by atoms with Crippen LogP contribution in [-0.4, -0.2) is 53.5 Å². The number of nitrogens with two attached hydrogens (primary N) is 1. The normalized spacial score (nSPS) is 16.5. The van der Waals surface area contributed by atoms with Crippen molar-refractivity contribution in [1.82, 2.24) is 20.5 Å².